The fraction of sp³-hybridized carbons (Fsp3) is 0.194. The van der Waals surface area contributed by atoms with Gasteiger partial charge in [-0.25, -0.2) is 0 Å². The molecule has 0 radical (unpaired) electrons. The third-order valence-electron chi connectivity index (χ3n) is 6.55. The average molecular weight is 463 g/mol. The summed E-state index contributed by atoms with van der Waals surface area (Å²) >= 11 is 0. The van der Waals surface area contributed by atoms with Crippen molar-refractivity contribution in [2.24, 2.45) is 0 Å². The predicted molar refractivity (Wildman–Crippen MR) is 139 cm³/mol. The van der Waals surface area contributed by atoms with Gasteiger partial charge in [-0.15, -0.1) is 0 Å². The van der Waals surface area contributed by atoms with Crippen LogP contribution in [0.1, 0.15) is 33.1 Å². The van der Waals surface area contributed by atoms with Crippen molar-refractivity contribution in [3.63, 3.8) is 0 Å². The largest absolute Gasteiger partial charge is 0.488 e. The van der Waals surface area contributed by atoms with Crippen LogP contribution in [0.4, 0.5) is 0 Å². The summed E-state index contributed by atoms with van der Waals surface area (Å²) in [6.45, 7) is 3.43. The summed E-state index contributed by atoms with van der Waals surface area (Å²) in [7, 11) is 0. The molecule has 0 N–H and O–H groups in total. The number of carbonyl (C=O) groups excluding carboxylic acids is 1. The lowest BCUT2D eigenvalue weighted by molar-refractivity contribution is 0.0593. The van der Waals surface area contributed by atoms with Crippen LogP contribution in [0, 0.1) is 0 Å². The Bertz CT molecular complexity index is 1180. The molecule has 0 atom stereocenters. The Kier molecular flexibility index (Phi) is 7.21. The maximum Gasteiger partial charge on any atom is 0.257 e. The zero-order valence-corrected chi connectivity index (χ0v) is 19.8. The molecule has 0 saturated carbocycles. The second-order valence-electron chi connectivity index (χ2n) is 8.82. The van der Waals surface area contributed by atoms with E-state index in [1.807, 2.05) is 59.5 Å². The fourth-order valence-electron chi connectivity index (χ4n) is 4.74. The minimum Gasteiger partial charge on any atom is -0.488 e. The van der Waals surface area contributed by atoms with E-state index < -0.39 is 0 Å². The number of hydrogen-bond acceptors (Lipinski definition) is 3. The molecule has 176 valence electrons. The van der Waals surface area contributed by atoms with Crippen molar-refractivity contribution in [3.8, 4) is 5.75 Å². The highest BCUT2D eigenvalue weighted by atomic mass is 16.5. The van der Waals surface area contributed by atoms with E-state index in [1.54, 1.807) is 0 Å². The van der Waals surface area contributed by atoms with Crippen LogP contribution in [0.3, 0.4) is 0 Å². The first-order valence-corrected chi connectivity index (χ1v) is 12.2. The van der Waals surface area contributed by atoms with Crippen LogP contribution in [0.5, 0.6) is 5.75 Å². The lowest BCUT2D eigenvalue weighted by Gasteiger charge is -2.40. The molecule has 1 amide bonds. The molecule has 0 aromatic heterocycles. The van der Waals surface area contributed by atoms with Crippen LogP contribution in [0.2, 0.25) is 0 Å². The molecule has 4 aromatic rings. The summed E-state index contributed by atoms with van der Waals surface area (Å²) < 4.78 is 6.05. The molecule has 0 bridgehead atoms. The van der Waals surface area contributed by atoms with Crippen molar-refractivity contribution in [1.29, 1.82) is 0 Å². The summed E-state index contributed by atoms with van der Waals surface area (Å²) in [6, 6.07) is 39.0. The Morgan fingerprint density at radius 2 is 1.17 bits per heavy atom. The van der Waals surface area contributed by atoms with Gasteiger partial charge in [0.25, 0.3) is 5.91 Å². The second-order valence-corrected chi connectivity index (χ2v) is 8.82. The van der Waals surface area contributed by atoms with E-state index in [0.717, 1.165) is 18.7 Å². The highest BCUT2D eigenvalue weighted by Gasteiger charge is 2.29. The molecule has 1 aliphatic rings. The highest BCUT2D eigenvalue weighted by Crippen LogP contribution is 2.30. The molecule has 4 heteroatoms. The molecule has 4 nitrogen and oxygen atoms in total. The molecule has 5 rings (SSSR count). The predicted octanol–water partition coefficient (Wildman–Crippen LogP) is 5.81. The Balaban J connectivity index is 1.28. The molecule has 0 unspecified atom stereocenters. The number of benzene rings is 4. The minimum absolute atomic E-state index is 0.0317. The summed E-state index contributed by atoms with van der Waals surface area (Å²) in [6.07, 6.45) is 0. The topological polar surface area (TPSA) is 32.8 Å². The first-order valence-electron chi connectivity index (χ1n) is 12.2. The number of carbonyl (C=O) groups is 1. The van der Waals surface area contributed by atoms with Gasteiger partial charge in [-0.1, -0.05) is 103 Å². The van der Waals surface area contributed by atoms with Gasteiger partial charge in [-0.05, 0) is 28.8 Å². The summed E-state index contributed by atoms with van der Waals surface area (Å²) in [4.78, 5) is 17.9. The molecular weight excluding hydrogens is 432 g/mol. The SMILES string of the molecule is O=C(c1ccccc1OCc1ccccc1)N1CCN(C(c2ccccc2)c2ccccc2)CC1. The monoisotopic (exact) mass is 462 g/mol. The van der Waals surface area contributed by atoms with E-state index >= 15 is 0 Å². The van der Waals surface area contributed by atoms with Crippen LogP contribution in [0.15, 0.2) is 115 Å². The van der Waals surface area contributed by atoms with E-state index in [0.29, 0.717) is 31.0 Å². The molecule has 0 aliphatic carbocycles. The molecular formula is C31H30N2O2. The van der Waals surface area contributed by atoms with E-state index in [4.69, 9.17) is 4.74 Å². The number of amides is 1. The Labute approximate surface area is 207 Å². The van der Waals surface area contributed by atoms with Crippen molar-refractivity contribution in [2.75, 3.05) is 26.2 Å². The Morgan fingerprint density at radius 1 is 0.657 bits per heavy atom. The molecule has 4 aromatic carbocycles. The van der Waals surface area contributed by atoms with Gasteiger partial charge >= 0.3 is 0 Å². The van der Waals surface area contributed by atoms with Crippen LogP contribution in [-0.2, 0) is 6.61 Å². The first-order chi connectivity index (χ1) is 17.3. The molecule has 35 heavy (non-hydrogen) atoms. The third-order valence-corrected chi connectivity index (χ3v) is 6.55. The van der Waals surface area contributed by atoms with Crippen LogP contribution in [-0.4, -0.2) is 41.9 Å². The zero-order valence-electron chi connectivity index (χ0n) is 19.8. The third kappa shape index (κ3) is 5.44. The van der Waals surface area contributed by atoms with E-state index in [-0.39, 0.29) is 11.9 Å². The molecule has 0 spiro atoms. The maximum atomic E-state index is 13.5. The number of rotatable bonds is 7. The molecule has 1 aliphatic heterocycles. The minimum atomic E-state index is 0.0317. The van der Waals surface area contributed by atoms with Gasteiger partial charge in [0.15, 0.2) is 0 Å². The fourth-order valence-corrected chi connectivity index (χ4v) is 4.74. The van der Waals surface area contributed by atoms with Crippen molar-refractivity contribution in [3.05, 3.63) is 138 Å². The highest BCUT2D eigenvalue weighted by molar-refractivity contribution is 5.97. The molecule has 1 fully saturated rings. The zero-order chi connectivity index (χ0) is 23.9. The Hall–Kier alpha value is -3.89. The van der Waals surface area contributed by atoms with Gasteiger partial charge in [0.2, 0.25) is 0 Å². The van der Waals surface area contributed by atoms with Gasteiger partial charge in [0, 0.05) is 26.2 Å². The van der Waals surface area contributed by atoms with Gasteiger partial charge in [-0.3, -0.25) is 9.69 Å². The lowest BCUT2D eigenvalue weighted by Crippen LogP contribution is -2.49. The first kappa shape index (κ1) is 22.9. The van der Waals surface area contributed by atoms with Crippen LogP contribution in [0.25, 0.3) is 0 Å². The summed E-state index contributed by atoms with van der Waals surface area (Å²) in [5.41, 5.74) is 4.26. The van der Waals surface area contributed by atoms with E-state index in [9.17, 15) is 4.79 Å². The quantitative estimate of drug-likeness (QED) is 0.347. The average Bonchev–Trinajstić information content (AvgIpc) is 2.94. The number of ether oxygens (including phenoxy) is 1. The van der Waals surface area contributed by atoms with Crippen molar-refractivity contribution in [1.82, 2.24) is 9.80 Å². The maximum absolute atomic E-state index is 13.5. The molecule has 1 saturated heterocycles. The van der Waals surface area contributed by atoms with Gasteiger partial charge in [-0.2, -0.15) is 0 Å². The lowest BCUT2D eigenvalue weighted by atomic mass is 9.96. The standard InChI is InChI=1S/C31H30N2O2/c34-31(28-18-10-11-19-29(28)35-24-25-12-4-1-5-13-25)33-22-20-32(21-23-33)30(26-14-6-2-7-15-26)27-16-8-3-9-17-27/h1-19,30H,20-24H2. The number of nitrogens with zero attached hydrogens (tertiary/aromatic N) is 2. The smallest absolute Gasteiger partial charge is 0.257 e. The van der Waals surface area contributed by atoms with Crippen molar-refractivity contribution < 1.29 is 9.53 Å². The van der Waals surface area contributed by atoms with E-state index in [2.05, 4.69) is 65.6 Å². The van der Waals surface area contributed by atoms with E-state index in [1.165, 1.54) is 11.1 Å². The number of piperazine rings is 1. The number of para-hydroxylation sites is 1. The number of hydrogen-bond donors (Lipinski definition) is 0. The van der Waals surface area contributed by atoms with Gasteiger partial charge in [0.1, 0.15) is 12.4 Å². The Morgan fingerprint density at radius 3 is 1.77 bits per heavy atom. The van der Waals surface area contributed by atoms with Crippen LogP contribution < -0.4 is 4.74 Å². The normalized spacial score (nSPS) is 14.1. The van der Waals surface area contributed by atoms with Gasteiger partial charge in [0.05, 0.1) is 11.6 Å². The molecule has 1 heterocycles. The van der Waals surface area contributed by atoms with Crippen molar-refractivity contribution in [2.45, 2.75) is 12.6 Å². The second kappa shape index (κ2) is 11.0. The van der Waals surface area contributed by atoms with Crippen LogP contribution >= 0.6 is 0 Å². The summed E-state index contributed by atoms with van der Waals surface area (Å²) in [5, 5.41) is 0. The van der Waals surface area contributed by atoms with Crippen molar-refractivity contribution >= 4 is 5.91 Å². The van der Waals surface area contributed by atoms with Gasteiger partial charge < -0.3 is 9.64 Å². The summed E-state index contributed by atoms with van der Waals surface area (Å²) in [5.74, 6) is 0.666.